The summed E-state index contributed by atoms with van der Waals surface area (Å²) in [5, 5.41) is 1.10. The van der Waals surface area contributed by atoms with Gasteiger partial charge in [-0.15, -0.1) is 0 Å². The second kappa shape index (κ2) is 7.14. The van der Waals surface area contributed by atoms with Crippen molar-refractivity contribution in [3.05, 3.63) is 36.0 Å². The molecule has 1 aromatic heterocycles. The third-order valence-corrected chi connectivity index (χ3v) is 3.73. The number of esters is 1. The third kappa shape index (κ3) is 3.42. The number of carbonyl (C=O) groups is 1. The van der Waals surface area contributed by atoms with Crippen molar-refractivity contribution < 1.29 is 9.53 Å². The van der Waals surface area contributed by atoms with Crippen LogP contribution in [-0.4, -0.2) is 42.3 Å². The molecule has 0 amide bonds. The van der Waals surface area contributed by atoms with Crippen molar-refractivity contribution in [2.45, 2.75) is 12.5 Å². The monoisotopic (exact) mass is 290 g/mol. The zero-order chi connectivity index (χ0) is 14.4. The molecule has 5 heteroatoms. The molecule has 20 heavy (non-hydrogen) atoms. The number of rotatable bonds is 6. The molecule has 0 aliphatic carbocycles. The van der Waals surface area contributed by atoms with Crippen LogP contribution in [-0.2, 0) is 9.53 Å². The number of aromatic amines is 1. The van der Waals surface area contributed by atoms with Crippen LogP contribution in [0.2, 0.25) is 0 Å². The van der Waals surface area contributed by atoms with Crippen molar-refractivity contribution in [3.8, 4) is 0 Å². The second-order valence-electron chi connectivity index (χ2n) is 4.39. The van der Waals surface area contributed by atoms with Gasteiger partial charge in [-0.1, -0.05) is 18.2 Å². The maximum Gasteiger partial charge on any atom is 0.330 e. The average molecular weight is 290 g/mol. The number of thioether (sulfide) groups is 1. The molecule has 0 fully saturated rings. The lowest BCUT2D eigenvalue weighted by atomic mass is 10.2. The van der Waals surface area contributed by atoms with E-state index >= 15 is 0 Å². The van der Waals surface area contributed by atoms with Crippen molar-refractivity contribution >= 4 is 34.8 Å². The quantitative estimate of drug-likeness (QED) is 0.657. The first-order valence-corrected chi connectivity index (χ1v) is 7.81. The summed E-state index contributed by atoms with van der Waals surface area (Å²) in [6.45, 7) is 0. The largest absolute Gasteiger partial charge is 0.467 e. The van der Waals surface area contributed by atoms with E-state index in [4.69, 9.17) is 4.74 Å². The predicted octanol–water partition coefficient (Wildman–Crippen LogP) is 2.88. The zero-order valence-electron chi connectivity index (χ0n) is 11.6. The first-order valence-electron chi connectivity index (χ1n) is 6.42. The number of hydrogen-bond donors (Lipinski definition) is 1. The molecule has 0 aliphatic heterocycles. The Bertz CT molecular complexity index is 607. The summed E-state index contributed by atoms with van der Waals surface area (Å²) >= 11 is 1.70. The van der Waals surface area contributed by atoms with Crippen LogP contribution in [0.1, 0.15) is 12.0 Å². The van der Waals surface area contributed by atoms with Crippen molar-refractivity contribution in [2.24, 2.45) is 4.99 Å². The highest BCUT2D eigenvalue weighted by molar-refractivity contribution is 7.98. The molecular formula is C15H18N2O2S. The van der Waals surface area contributed by atoms with Crippen LogP contribution in [0.5, 0.6) is 0 Å². The van der Waals surface area contributed by atoms with E-state index in [9.17, 15) is 4.79 Å². The van der Waals surface area contributed by atoms with E-state index in [1.165, 1.54) is 7.11 Å². The first kappa shape index (κ1) is 14.7. The molecule has 1 N–H and O–H groups in total. The van der Waals surface area contributed by atoms with E-state index in [0.29, 0.717) is 6.42 Å². The highest BCUT2D eigenvalue weighted by Gasteiger charge is 2.16. The van der Waals surface area contributed by atoms with Gasteiger partial charge in [0.2, 0.25) is 0 Å². The van der Waals surface area contributed by atoms with Crippen LogP contribution < -0.4 is 0 Å². The lowest BCUT2D eigenvalue weighted by Crippen LogP contribution is -2.21. The predicted molar refractivity (Wildman–Crippen MR) is 84.7 cm³/mol. The van der Waals surface area contributed by atoms with E-state index in [0.717, 1.165) is 22.2 Å². The summed E-state index contributed by atoms with van der Waals surface area (Å²) in [6, 6.07) is 7.58. The number of fused-ring (bicyclic) bond motifs is 1. The highest BCUT2D eigenvalue weighted by atomic mass is 32.2. The highest BCUT2D eigenvalue weighted by Crippen LogP contribution is 2.16. The molecule has 1 heterocycles. The Labute approximate surface area is 122 Å². The number of H-pyrrole nitrogens is 1. The van der Waals surface area contributed by atoms with Crippen molar-refractivity contribution in [1.82, 2.24) is 4.98 Å². The first-order chi connectivity index (χ1) is 9.76. The Morgan fingerprint density at radius 1 is 1.50 bits per heavy atom. The number of carbonyl (C=O) groups excluding carboxylic acids is 1. The molecule has 1 atom stereocenters. The number of benzene rings is 1. The Hall–Kier alpha value is -1.75. The molecule has 0 radical (unpaired) electrons. The zero-order valence-corrected chi connectivity index (χ0v) is 12.4. The summed E-state index contributed by atoms with van der Waals surface area (Å²) in [4.78, 5) is 19.3. The summed E-state index contributed by atoms with van der Waals surface area (Å²) in [5.41, 5.74) is 2.05. The molecule has 0 saturated heterocycles. The standard InChI is InChI=1S/C15H18N2O2S/c1-19-15(18)14(7-8-20-2)17-10-11-9-16-13-6-4-3-5-12(11)13/h3-6,9-10,14,16H,7-8H2,1-2H3. The molecule has 4 nitrogen and oxygen atoms in total. The fourth-order valence-corrected chi connectivity index (χ4v) is 2.45. The van der Waals surface area contributed by atoms with E-state index in [1.54, 1.807) is 18.0 Å². The number of nitrogens with one attached hydrogen (secondary N) is 1. The Morgan fingerprint density at radius 3 is 3.05 bits per heavy atom. The van der Waals surface area contributed by atoms with Crippen LogP contribution in [0.3, 0.4) is 0 Å². The summed E-state index contributed by atoms with van der Waals surface area (Å²) in [7, 11) is 1.40. The van der Waals surface area contributed by atoms with Crippen molar-refractivity contribution in [1.29, 1.82) is 0 Å². The number of aromatic nitrogens is 1. The van der Waals surface area contributed by atoms with Gasteiger partial charge in [-0.3, -0.25) is 4.99 Å². The van der Waals surface area contributed by atoms with Gasteiger partial charge >= 0.3 is 5.97 Å². The molecule has 0 aliphatic rings. The molecule has 106 valence electrons. The maximum absolute atomic E-state index is 11.7. The van der Waals surface area contributed by atoms with E-state index in [2.05, 4.69) is 9.98 Å². The van der Waals surface area contributed by atoms with Gasteiger partial charge in [0.1, 0.15) is 6.04 Å². The molecule has 1 aromatic carbocycles. The molecular weight excluding hydrogens is 272 g/mol. The summed E-state index contributed by atoms with van der Waals surface area (Å²) < 4.78 is 4.80. The lowest BCUT2D eigenvalue weighted by molar-refractivity contribution is -0.142. The van der Waals surface area contributed by atoms with Gasteiger partial charge in [0.15, 0.2) is 0 Å². The van der Waals surface area contributed by atoms with Gasteiger partial charge in [0.25, 0.3) is 0 Å². The maximum atomic E-state index is 11.7. The fraction of sp³-hybridized carbons (Fsp3) is 0.333. The fourth-order valence-electron chi connectivity index (χ4n) is 1.99. The lowest BCUT2D eigenvalue weighted by Gasteiger charge is -2.08. The smallest absolute Gasteiger partial charge is 0.330 e. The van der Waals surface area contributed by atoms with Gasteiger partial charge in [0.05, 0.1) is 7.11 Å². The number of methoxy groups -OCH3 is 1. The van der Waals surface area contributed by atoms with Gasteiger partial charge in [-0.2, -0.15) is 11.8 Å². The molecule has 2 rings (SSSR count). The van der Waals surface area contributed by atoms with Crippen LogP contribution in [0.4, 0.5) is 0 Å². The topological polar surface area (TPSA) is 54.4 Å². The Morgan fingerprint density at radius 2 is 2.30 bits per heavy atom. The van der Waals surface area contributed by atoms with Gasteiger partial charge < -0.3 is 9.72 Å². The van der Waals surface area contributed by atoms with Gasteiger partial charge in [0, 0.05) is 28.9 Å². The Balaban J connectivity index is 2.18. The number of para-hydroxylation sites is 1. The number of nitrogens with zero attached hydrogens (tertiary/aromatic N) is 1. The van der Waals surface area contributed by atoms with E-state index in [-0.39, 0.29) is 5.97 Å². The normalized spacial score (nSPS) is 12.9. The molecule has 0 spiro atoms. The molecule has 2 aromatic rings. The minimum atomic E-state index is -0.430. The molecule has 0 saturated carbocycles. The van der Waals surface area contributed by atoms with E-state index in [1.807, 2.05) is 36.7 Å². The number of aliphatic imine (C=N–C) groups is 1. The number of ether oxygens (including phenoxy) is 1. The summed E-state index contributed by atoms with van der Waals surface area (Å²) in [5.74, 6) is 0.598. The van der Waals surface area contributed by atoms with Crippen LogP contribution >= 0.6 is 11.8 Å². The van der Waals surface area contributed by atoms with E-state index < -0.39 is 6.04 Å². The van der Waals surface area contributed by atoms with Crippen LogP contribution in [0, 0.1) is 0 Å². The van der Waals surface area contributed by atoms with Gasteiger partial charge in [-0.05, 0) is 24.5 Å². The minimum absolute atomic E-state index is 0.282. The van der Waals surface area contributed by atoms with Crippen LogP contribution in [0.15, 0.2) is 35.5 Å². The van der Waals surface area contributed by atoms with Crippen molar-refractivity contribution in [2.75, 3.05) is 19.1 Å². The minimum Gasteiger partial charge on any atom is -0.467 e. The average Bonchev–Trinajstić information content (AvgIpc) is 2.90. The van der Waals surface area contributed by atoms with Crippen LogP contribution in [0.25, 0.3) is 10.9 Å². The molecule has 0 bridgehead atoms. The third-order valence-electron chi connectivity index (χ3n) is 3.08. The van der Waals surface area contributed by atoms with Crippen molar-refractivity contribution in [3.63, 3.8) is 0 Å². The summed E-state index contributed by atoms with van der Waals surface area (Å²) in [6.07, 6.45) is 6.35. The second-order valence-corrected chi connectivity index (χ2v) is 5.37. The number of hydrogen-bond acceptors (Lipinski definition) is 4. The SMILES string of the molecule is COC(=O)C(CCSC)N=Cc1c[nH]c2ccccc12. The molecule has 1 unspecified atom stereocenters. The van der Waals surface area contributed by atoms with Gasteiger partial charge in [-0.25, -0.2) is 4.79 Å². The Kier molecular flexibility index (Phi) is 5.24.